The quantitative estimate of drug-likeness (QED) is 0.0263. The van der Waals surface area contributed by atoms with Crippen LogP contribution >= 0.6 is 0 Å². The minimum atomic E-state index is -0.781. The molecule has 0 aliphatic carbocycles. The average molecular weight is 829 g/mol. The highest BCUT2D eigenvalue weighted by atomic mass is 16.6. The fourth-order valence-corrected chi connectivity index (χ4v) is 7.30. The van der Waals surface area contributed by atoms with E-state index in [0.29, 0.717) is 19.3 Å². The average Bonchev–Trinajstić information content (AvgIpc) is 3.23. The molecule has 0 aliphatic heterocycles. The van der Waals surface area contributed by atoms with Crippen molar-refractivity contribution < 1.29 is 28.6 Å². The fraction of sp³-hybridized carbons (Fsp3) is 0.830. The summed E-state index contributed by atoms with van der Waals surface area (Å²) in [6.45, 7) is 6.52. The molecule has 0 aromatic heterocycles. The summed E-state index contributed by atoms with van der Waals surface area (Å²) in [5.74, 6) is -0.902. The zero-order valence-corrected chi connectivity index (χ0v) is 39.3. The van der Waals surface area contributed by atoms with Crippen molar-refractivity contribution in [2.75, 3.05) is 13.2 Å². The van der Waals surface area contributed by atoms with Gasteiger partial charge in [-0.2, -0.15) is 0 Å². The maximum absolute atomic E-state index is 12.8. The van der Waals surface area contributed by atoms with E-state index in [1.807, 2.05) is 0 Å². The monoisotopic (exact) mass is 829 g/mol. The summed E-state index contributed by atoms with van der Waals surface area (Å²) in [6.07, 6.45) is 55.6. The number of unbranched alkanes of at least 4 members (excludes halogenated alkanes) is 29. The molecule has 0 aromatic carbocycles. The van der Waals surface area contributed by atoms with E-state index in [9.17, 15) is 14.4 Å². The number of hydrogen-bond donors (Lipinski definition) is 0. The first-order chi connectivity index (χ1) is 29.0. The van der Waals surface area contributed by atoms with Crippen molar-refractivity contribution in [2.45, 2.75) is 271 Å². The molecule has 0 N–H and O–H groups in total. The van der Waals surface area contributed by atoms with Gasteiger partial charge in [0.25, 0.3) is 0 Å². The third kappa shape index (κ3) is 46.5. The molecule has 0 saturated heterocycles. The van der Waals surface area contributed by atoms with Gasteiger partial charge in [0.05, 0.1) is 0 Å². The van der Waals surface area contributed by atoms with Crippen molar-refractivity contribution in [1.82, 2.24) is 0 Å². The number of hydrogen-bond acceptors (Lipinski definition) is 6. The molecule has 0 aromatic rings. The molecular formula is C53H96O6. The Bertz CT molecular complexity index is 1000. The second kappa shape index (κ2) is 48.3. The highest BCUT2D eigenvalue weighted by molar-refractivity contribution is 5.71. The highest BCUT2D eigenvalue weighted by Gasteiger charge is 2.19. The molecule has 0 bridgehead atoms. The van der Waals surface area contributed by atoms with Crippen LogP contribution in [0.25, 0.3) is 0 Å². The van der Waals surface area contributed by atoms with Gasteiger partial charge in [0.2, 0.25) is 0 Å². The van der Waals surface area contributed by atoms with Crippen molar-refractivity contribution in [3.05, 3.63) is 36.5 Å². The zero-order valence-electron chi connectivity index (χ0n) is 39.3. The third-order valence-electron chi connectivity index (χ3n) is 11.1. The highest BCUT2D eigenvalue weighted by Crippen LogP contribution is 2.15. The molecular weight excluding hydrogens is 733 g/mol. The van der Waals surface area contributed by atoms with Crippen LogP contribution < -0.4 is 0 Å². The predicted molar refractivity (Wildman–Crippen MR) is 252 cm³/mol. The number of ether oxygens (including phenoxy) is 3. The summed E-state index contributed by atoms with van der Waals surface area (Å²) in [6, 6.07) is 0. The fourth-order valence-electron chi connectivity index (χ4n) is 7.30. The van der Waals surface area contributed by atoms with E-state index in [4.69, 9.17) is 14.2 Å². The van der Waals surface area contributed by atoms with Gasteiger partial charge in [-0.05, 0) is 70.6 Å². The van der Waals surface area contributed by atoms with Crippen molar-refractivity contribution in [2.24, 2.45) is 0 Å². The van der Waals surface area contributed by atoms with Gasteiger partial charge in [-0.15, -0.1) is 0 Å². The maximum atomic E-state index is 12.8. The topological polar surface area (TPSA) is 78.9 Å². The lowest BCUT2D eigenvalue weighted by Crippen LogP contribution is -2.30. The third-order valence-corrected chi connectivity index (χ3v) is 11.1. The molecule has 0 spiro atoms. The number of allylic oxidation sites excluding steroid dienone is 6. The number of carbonyl (C=O) groups is 3. The van der Waals surface area contributed by atoms with E-state index in [-0.39, 0.29) is 31.1 Å². The van der Waals surface area contributed by atoms with Crippen LogP contribution in [0, 0.1) is 0 Å². The largest absolute Gasteiger partial charge is 0.462 e. The maximum Gasteiger partial charge on any atom is 0.306 e. The molecule has 6 nitrogen and oxygen atoms in total. The van der Waals surface area contributed by atoms with Crippen LogP contribution in [0.15, 0.2) is 36.5 Å². The Morgan fingerprint density at radius 2 is 0.661 bits per heavy atom. The van der Waals surface area contributed by atoms with Crippen LogP contribution in [-0.2, 0) is 28.6 Å². The number of esters is 3. The Hall–Kier alpha value is -2.37. The van der Waals surface area contributed by atoms with E-state index in [1.165, 1.54) is 128 Å². The lowest BCUT2D eigenvalue weighted by atomic mass is 10.0. The summed E-state index contributed by atoms with van der Waals surface area (Å²) in [5.41, 5.74) is 0. The van der Waals surface area contributed by atoms with Crippen LogP contribution in [0.5, 0.6) is 0 Å². The molecule has 0 heterocycles. The molecule has 6 heteroatoms. The van der Waals surface area contributed by atoms with E-state index in [0.717, 1.165) is 96.3 Å². The molecule has 0 amide bonds. The van der Waals surface area contributed by atoms with Crippen LogP contribution in [0.3, 0.4) is 0 Å². The molecule has 0 fully saturated rings. The van der Waals surface area contributed by atoms with Crippen molar-refractivity contribution in [3.8, 4) is 0 Å². The number of carbonyl (C=O) groups excluding carboxylic acids is 3. The lowest BCUT2D eigenvalue weighted by molar-refractivity contribution is -0.167. The van der Waals surface area contributed by atoms with Crippen LogP contribution in [0.4, 0.5) is 0 Å². The summed E-state index contributed by atoms with van der Waals surface area (Å²) < 4.78 is 16.8. The van der Waals surface area contributed by atoms with E-state index in [1.54, 1.807) is 0 Å². The van der Waals surface area contributed by atoms with Crippen molar-refractivity contribution in [3.63, 3.8) is 0 Å². The molecule has 59 heavy (non-hydrogen) atoms. The first-order valence-corrected chi connectivity index (χ1v) is 25.5. The van der Waals surface area contributed by atoms with Crippen LogP contribution in [-0.4, -0.2) is 37.2 Å². The Morgan fingerprint density at radius 3 is 1.05 bits per heavy atom. The van der Waals surface area contributed by atoms with E-state index < -0.39 is 6.10 Å². The predicted octanol–water partition coefficient (Wildman–Crippen LogP) is 16.5. The van der Waals surface area contributed by atoms with Gasteiger partial charge in [0.1, 0.15) is 13.2 Å². The van der Waals surface area contributed by atoms with Gasteiger partial charge in [0.15, 0.2) is 6.10 Å². The minimum Gasteiger partial charge on any atom is -0.462 e. The van der Waals surface area contributed by atoms with E-state index >= 15 is 0 Å². The van der Waals surface area contributed by atoms with Gasteiger partial charge in [-0.25, -0.2) is 0 Å². The second-order valence-corrected chi connectivity index (χ2v) is 17.1. The first kappa shape index (κ1) is 56.6. The Labute approximate surface area is 365 Å². The Morgan fingerprint density at radius 1 is 0.356 bits per heavy atom. The molecule has 0 saturated carbocycles. The van der Waals surface area contributed by atoms with Gasteiger partial charge in [-0.1, -0.05) is 211 Å². The van der Waals surface area contributed by atoms with Crippen molar-refractivity contribution >= 4 is 17.9 Å². The summed E-state index contributed by atoms with van der Waals surface area (Å²) in [4.78, 5) is 37.9. The molecule has 344 valence electrons. The smallest absolute Gasteiger partial charge is 0.306 e. The summed E-state index contributed by atoms with van der Waals surface area (Å²) in [5, 5.41) is 0. The van der Waals surface area contributed by atoms with E-state index in [2.05, 4.69) is 57.2 Å². The molecule has 0 aliphatic rings. The first-order valence-electron chi connectivity index (χ1n) is 25.5. The summed E-state index contributed by atoms with van der Waals surface area (Å²) in [7, 11) is 0. The molecule has 0 rings (SSSR count). The van der Waals surface area contributed by atoms with Crippen LogP contribution in [0.2, 0.25) is 0 Å². The normalized spacial score (nSPS) is 12.3. The van der Waals surface area contributed by atoms with Gasteiger partial charge >= 0.3 is 17.9 Å². The SMILES string of the molecule is CC/C=C\C/C=C\CCCCCCCC(=O)OCC(COC(=O)CCCCCCCCCCCCCCCCC)OC(=O)CCCCC/C=C\CCCCCCCCC. The van der Waals surface area contributed by atoms with Crippen LogP contribution in [0.1, 0.15) is 265 Å². The lowest BCUT2D eigenvalue weighted by Gasteiger charge is -2.18. The minimum absolute atomic E-state index is 0.0799. The molecule has 1 unspecified atom stereocenters. The van der Waals surface area contributed by atoms with Gasteiger partial charge in [0, 0.05) is 19.3 Å². The molecule has 1 atom stereocenters. The van der Waals surface area contributed by atoms with Gasteiger partial charge < -0.3 is 14.2 Å². The number of rotatable bonds is 46. The standard InChI is InChI=1S/C53H96O6/c1-4-7-10-13-16-19-22-25-27-29-31-34-37-40-43-46-52(55)58-49-50(48-57-51(54)45-42-39-36-33-30-24-21-18-15-12-9-6-3)59-53(56)47-44-41-38-35-32-28-26-23-20-17-14-11-8-5-2/h9,12,18,21,28,32,50H,4-8,10-11,13-17,19-20,22-27,29-31,33-49H2,1-3H3/b12-9-,21-18-,32-28-. The summed E-state index contributed by atoms with van der Waals surface area (Å²) >= 11 is 0. The molecule has 0 radical (unpaired) electrons. The Kier molecular flexibility index (Phi) is 46.4. The second-order valence-electron chi connectivity index (χ2n) is 17.1. The Balaban J connectivity index is 4.37. The van der Waals surface area contributed by atoms with Gasteiger partial charge in [-0.3, -0.25) is 14.4 Å². The zero-order chi connectivity index (χ0) is 43.0. The van der Waals surface area contributed by atoms with Crippen molar-refractivity contribution in [1.29, 1.82) is 0 Å².